The number of nitrogens with one attached hydrogen (secondary N) is 2. The van der Waals surface area contributed by atoms with E-state index in [1.54, 1.807) is 0 Å². The van der Waals surface area contributed by atoms with Crippen molar-refractivity contribution in [3.63, 3.8) is 0 Å². The van der Waals surface area contributed by atoms with Gasteiger partial charge in [0, 0.05) is 28.2 Å². The van der Waals surface area contributed by atoms with E-state index in [2.05, 4.69) is 22.4 Å². The van der Waals surface area contributed by atoms with Crippen molar-refractivity contribution in [1.82, 2.24) is 10.3 Å². The molecule has 3 heteroatoms. The molecule has 0 bridgehead atoms. The lowest BCUT2D eigenvalue weighted by Crippen LogP contribution is -2.20. The summed E-state index contributed by atoms with van der Waals surface area (Å²) >= 11 is 6.11. The van der Waals surface area contributed by atoms with Crippen LogP contribution in [0.25, 0.3) is 10.9 Å². The zero-order valence-electron chi connectivity index (χ0n) is 10.0. The minimum Gasteiger partial charge on any atom is -0.358 e. The van der Waals surface area contributed by atoms with Crippen LogP contribution in [0.1, 0.15) is 30.0 Å². The predicted octanol–water partition coefficient (Wildman–Crippen LogP) is 3.46. The van der Waals surface area contributed by atoms with Gasteiger partial charge < -0.3 is 10.3 Å². The highest BCUT2D eigenvalue weighted by Crippen LogP contribution is 2.37. The number of aryl methyl sites for hydroxylation is 1. The quantitative estimate of drug-likeness (QED) is 0.837. The lowest BCUT2D eigenvalue weighted by molar-refractivity contribution is 0.529. The van der Waals surface area contributed by atoms with Gasteiger partial charge in [0.1, 0.15) is 0 Å². The van der Waals surface area contributed by atoms with E-state index in [4.69, 9.17) is 11.6 Å². The van der Waals surface area contributed by atoms with Crippen molar-refractivity contribution < 1.29 is 0 Å². The average Bonchev–Trinajstić information content (AvgIpc) is 2.68. The third-order valence-corrected chi connectivity index (χ3v) is 3.96. The van der Waals surface area contributed by atoms with E-state index in [1.165, 1.54) is 41.4 Å². The second-order valence-corrected chi connectivity index (χ2v) is 5.29. The topological polar surface area (TPSA) is 27.8 Å². The smallest absolute Gasteiger partial charge is 0.0460 e. The summed E-state index contributed by atoms with van der Waals surface area (Å²) in [5, 5.41) is 5.44. The molecule has 17 heavy (non-hydrogen) atoms. The lowest BCUT2D eigenvalue weighted by Gasteiger charge is -2.22. The fourth-order valence-corrected chi connectivity index (χ4v) is 3.20. The van der Waals surface area contributed by atoms with Gasteiger partial charge in [0.15, 0.2) is 0 Å². The highest BCUT2D eigenvalue weighted by Gasteiger charge is 2.23. The second kappa shape index (κ2) is 4.35. The summed E-state index contributed by atoms with van der Waals surface area (Å²) in [4.78, 5) is 3.55. The Labute approximate surface area is 106 Å². The van der Waals surface area contributed by atoms with Crippen molar-refractivity contribution in [1.29, 1.82) is 0 Å². The van der Waals surface area contributed by atoms with E-state index < -0.39 is 0 Å². The van der Waals surface area contributed by atoms with Crippen LogP contribution in [0, 0.1) is 0 Å². The van der Waals surface area contributed by atoms with Crippen molar-refractivity contribution >= 4 is 22.5 Å². The molecule has 1 atom stereocenters. The molecule has 1 aromatic carbocycles. The van der Waals surface area contributed by atoms with Crippen LogP contribution in [-0.2, 0) is 6.42 Å². The predicted molar refractivity (Wildman–Crippen MR) is 72.9 cm³/mol. The maximum atomic E-state index is 6.11. The van der Waals surface area contributed by atoms with Crippen molar-refractivity contribution in [2.45, 2.75) is 25.2 Å². The third kappa shape index (κ3) is 1.85. The first-order valence-corrected chi connectivity index (χ1v) is 6.62. The number of benzene rings is 1. The minimum absolute atomic E-state index is 0.621. The number of hydrogen-bond donors (Lipinski definition) is 2. The van der Waals surface area contributed by atoms with Crippen molar-refractivity contribution in [2.75, 3.05) is 13.6 Å². The van der Waals surface area contributed by atoms with Crippen LogP contribution in [0.3, 0.4) is 0 Å². The van der Waals surface area contributed by atoms with Gasteiger partial charge in [-0.1, -0.05) is 11.6 Å². The molecule has 2 nitrogen and oxygen atoms in total. The number of aromatic amines is 1. The Balaban J connectivity index is 2.18. The van der Waals surface area contributed by atoms with Crippen LogP contribution in [-0.4, -0.2) is 18.6 Å². The Bertz CT molecular complexity index is 544. The number of hydrogen-bond acceptors (Lipinski definition) is 1. The molecule has 0 saturated carbocycles. The molecule has 1 aliphatic carbocycles. The highest BCUT2D eigenvalue weighted by atomic mass is 35.5. The zero-order chi connectivity index (χ0) is 11.8. The molecule has 0 saturated heterocycles. The van der Waals surface area contributed by atoms with Crippen LogP contribution < -0.4 is 5.32 Å². The SMILES string of the molecule is CNCC1CCCc2[nH]c3ccc(Cl)cc3c21. The number of H-pyrrole nitrogens is 1. The van der Waals surface area contributed by atoms with Crippen LogP contribution in [0.15, 0.2) is 18.2 Å². The van der Waals surface area contributed by atoms with Crippen LogP contribution in [0.4, 0.5) is 0 Å². The highest BCUT2D eigenvalue weighted by molar-refractivity contribution is 6.31. The number of rotatable bonds is 2. The van der Waals surface area contributed by atoms with Crippen molar-refractivity contribution in [2.24, 2.45) is 0 Å². The van der Waals surface area contributed by atoms with Gasteiger partial charge >= 0.3 is 0 Å². The molecular weight excluding hydrogens is 232 g/mol. The van der Waals surface area contributed by atoms with Gasteiger partial charge in [-0.2, -0.15) is 0 Å². The first-order valence-electron chi connectivity index (χ1n) is 6.24. The Morgan fingerprint density at radius 3 is 3.18 bits per heavy atom. The summed E-state index contributed by atoms with van der Waals surface area (Å²) in [6.45, 7) is 1.05. The van der Waals surface area contributed by atoms with Gasteiger partial charge in [-0.25, -0.2) is 0 Å². The van der Waals surface area contributed by atoms with E-state index in [0.717, 1.165) is 11.6 Å². The molecule has 1 aromatic heterocycles. The number of aromatic nitrogens is 1. The van der Waals surface area contributed by atoms with Gasteiger partial charge in [-0.15, -0.1) is 0 Å². The van der Waals surface area contributed by atoms with E-state index in [-0.39, 0.29) is 0 Å². The minimum atomic E-state index is 0.621. The van der Waals surface area contributed by atoms with Crippen molar-refractivity contribution in [3.8, 4) is 0 Å². The number of likely N-dealkylation sites (N-methyl/N-ethyl adjacent to an activating group) is 1. The molecule has 2 aromatic rings. The first kappa shape index (κ1) is 11.1. The molecule has 2 N–H and O–H groups in total. The summed E-state index contributed by atoms with van der Waals surface area (Å²) < 4.78 is 0. The maximum Gasteiger partial charge on any atom is 0.0460 e. The third-order valence-electron chi connectivity index (χ3n) is 3.72. The lowest BCUT2D eigenvalue weighted by atomic mass is 9.85. The molecular formula is C14H17ClN2. The Kier molecular flexibility index (Phi) is 2.85. The van der Waals surface area contributed by atoms with Gasteiger partial charge in [0.2, 0.25) is 0 Å². The van der Waals surface area contributed by atoms with Crippen LogP contribution in [0.5, 0.6) is 0 Å². The average molecular weight is 249 g/mol. The molecule has 0 amide bonds. The molecule has 1 unspecified atom stereocenters. The molecule has 1 aliphatic rings. The molecule has 0 spiro atoms. The molecule has 0 radical (unpaired) electrons. The molecule has 3 rings (SSSR count). The summed E-state index contributed by atoms with van der Waals surface area (Å²) in [6.07, 6.45) is 3.72. The van der Waals surface area contributed by atoms with Gasteiger partial charge in [0.05, 0.1) is 0 Å². The van der Waals surface area contributed by atoms with Gasteiger partial charge in [0.25, 0.3) is 0 Å². The summed E-state index contributed by atoms with van der Waals surface area (Å²) in [5.74, 6) is 0.621. The number of fused-ring (bicyclic) bond motifs is 3. The maximum absolute atomic E-state index is 6.11. The van der Waals surface area contributed by atoms with E-state index >= 15 is 0 Å². The first-order chi connectivity index (χ1) is 8.29. The summed E-state index contributed by atoms with van der Waals surface area (Å²) in [5.41, 5.74) is 4.12. The number of halogens is 1. The standard InChI is InChI=1S/C14H17ClN2/c1-16-8-9-3-2-4-13-14(9)11-7-10(15)5-6-12(11)17-13/h5-7,9,16-17H,2-4,8H2,1H3. The van der Waals surface area contributed by atoms with E-state index in [1.807, 2.05) is 13.1 Å². The monoisotopic (exact) mass is 248 g/mol. The fraction of sp³-hybridized carbons (Fsp3) is 0.429. The Hall–Kier alpha value is -0.990. The van der Waals surface area contributed by atoms with E-state index in [0.29, 0.717) is 5.92 Å². The second-order valence-electron chi connectivity index (χ2n) is 4.85. The fourth-order valence-electron chi connectivity index (χ4n) is 3.02. The molecule has 0 fully saturated rings. The summed E-state index contributed by atoms with van der Waals surface area (Å²) in [6, 6.07) is 6.14. The van der Waals surface area contributed by atoms with Crippen LogP contribution in [0.2, 0.25) is 5.02 Å². The summed E-state index contributed by atoms with van der Waals surface area (Å²) in [7, 11) is 2.02. The largest absolute Gasteiger partial charge is 0.358 e. The molecule has 0 aliphatic heterocycles. The van der Waals surface area contributed by atoms with Crippen molar-refractivity contribution in [3.05, 3.63) is 34.5 Å². The van der Waals surface area contributed by atoms with Crippen LogP contribution >= 0.6 is 11.6 Å². The van der Waals surface area contributed by atoms with E-state index in [9.17, 15) is 0 Å². The van der Waals surface area contributed by atoms with Gasteiger partial charge in [-0.05, 0) is 56.0 Å². The Morgan fingerprint density at radius 1 is 1.47 bits per heavy atom. The zero-order valence-corrected chi connectivity index (χ0v) is 10.8. The van der Waals surface area contributed by atoms with Gasteiger partial charge in [-0.3, -0.25) is 0 Å². The Morgan fingerprint density at radius 2 is 2.35 bits per heavy atom. The molecule has 1 heterocycles. The normalized spacial score (nSPS) is 19.5. The molecule has 90 valence electrons.